The molecule has 4 nitrogen and oxygen atoms in total. The summed E-state index contributed by atoms with van der Waals surface area (Å²) in [4.78, 5) is 10.5. The van der Waals surface area contributed by atoms with Crippen LogP contribution in [0.25, 0.3) is 0 Å². The zero-order valence-corrected chi connectivity index (χ0v) is 6.67. The second kappa shape index (κ2) is 7.34. The number of rotatable bonds is 5. The monoisotopic (exact) mass is 161 g/mol. The van der Waals surface area contributed by atoms with Gasteiger partial charge in [-0.05, 0) is 13.8 Å². The Hall–Kier alpha value is -0.770. The second-order valence-corrected chi connectivity index (χ2v) is 1.64. The van der Waals surface area contributed by atoms with Crippen LogP contribution in [0.5, 0.6) is 0 Å². The molecule has 0 aliphatic carbocycles. The molecule has 0 aromatic carbocycles. The summed E-state index contributed by atoms with van der Waals surface area (Å²) in [6.45, 7) is 6.53. The lowest BCUT2D eigenvalue weighted by Gasteiger charge is -2.03. The molecule has 0 aromatic heterocycles. The number of hydrogen-bond acceptors (Lipinski definition) is 4. The van der Waals surface area contributed by atoms with Crippen molar-refractivity contribution >= 4 is 6.16 Å². The molecule has 0 bridgehead atoms. The molecule has 0 aliphatic rings. The van der Waals surface area contributed by atoms with E-state index >= 15 is 0 Å². The van der Waals surface area contributed by atoms with Crippen molar-refractivity contribution in [3.8, 4) is 0 Å². The van der Waals surface area contributed by atoms with E-state index in [0.29, 0.717) is 13.2 Å². The molecule has 0 spiro atoms. The first-order valence-corrected chi connectivity index (χ1v) is 3.47. The van der Waals surface area contributed by atoms with Gasteiger partial charge in [0.25, 0.3) is 0 Å². The van der Waals surface area contributed by atoms with Crippen LogP contribution in [0.2, 0.25) is 0 Å². The van der Waals surface area contributed by atoms with E-state index in [1.807, 2.05) is 6.92 Å². The zero-order valence-electron chi connectivity index (χ0n) is 6.67. The highest BCUT2D eigenvalue weighted by atomic mass is 16.7. The van der Waals surface area contributed by atoms with Crippen LogP contribution in [0.4, 0.5) is 4.79 Å². The molecule has 0 aromatic rings. The van der Waals surface area contributed by atoms with E-state index in [-0.39, 0.29) is 13.2 Å². The SMILES string of the molecule is [CH2]COC(=O)OCCOCC. The molecule has 0 aliphatic heterocycles. The summed E-state index contributed by atoms with van der Waals surface area (Å²) < 4.78 is 13.9. The van der Waals surface area contributed by atoms with Crippen molar-refractivity contribution in [1.29, 1.82) is 0 Å². The van der Waals surface area contributed by atoms with E-state index in [9.17, 15) is 4.79 Å². The first-order chi connectivity index (χ1) is 5.31. The van der Waals surface area contributed by atoms with Gasteiger partial charge in [0.1, 0.15) is 6.61 Å². The molecule has 0 rings (SSSR count). The Kier molecular flexibility index (Phi) is 6.82. The third-order valence-corrected chi connectivity index (χ3v) is 0.872. The van der Waals surface area contributed by atoms with Crippen LogP contribution >= 0.6 is 0 Å². The molecular weight excluding hydrogens is 148 g/mol. The lowest BCUT2D eigenvalue weighted by molar-refractivity contribution is 0.0343. The van der Waals surface area contributed by atoms with Crippen LogP contribution in [-0.4, -0.2) is 32.6 Å². The van der Waals surface area contributed by atoms with Gasteiger partial charge in [-0.25, -0.2) is 4.79 Å². The molecule has 0 saturated carbocycles. The van der Waals surface area contributed by atoms with Gasteiger partial charge in [-0.3, -0.25) is 0 Å². The van der Waals surface area contributed by atoms with Gasteiger partial charge in [0.05, 0.1) is 13.2 Å². The number of carbonyl (C=O) groups excluding carboxylic acids is 1. The van der Waals surface area contributed by atoms with E-state index in [1.54, 1.807) is 0 Å². The van der Waals surface area contributed by atoms with Crippen LogP contribution < -0.4 is 0 Å². The maximum absolute atomic E-state index is 10.5. The van der Waals surface area contributed by atoms with Gasteiger partial charge in [-0.1, -0.05) is 0 Å². The Morgan fingerprint density at radius 2 is 2.09 bits per heavy atom. The molecule has 0 unspecified atom stereocenters. The van der Waals surface area contributed by atoms with Crippen molar-refractivity contribution in [1.82, 2.24) is 0 Å². The summed E-state index contributed by atoms with van der Waals surface area (Å²) in [6, 6.07) is 0. The Balaban J connectivity index is 3.04. The quantitative estimate of drug-likeness (QED) is 0.446. The van der Waals surface area contributed by atoms with Gasteiger partial charge in [0.2, 0.25) is 0 Å². The van der Waals surface area contributed by atoms with E-state index < -0.39 is 6.16 Å². The Labute approximate surface area is 66.4 Å². The minimum atomic E-state index is -0.695. The van der Waals surface area contributed by atoms with Crippen molar-refractivity contribution in [2.45, 2.75) is 6.92 Å². The fourth-order valence-electron chi connectivity index (χ4n) is 0.453. The van der Waals surface area contributed by atoms with Gasteiger partial charge in [0, 0.05) is 6.61 Å². The molecule has 0 heterocycles. The molecule has 0 amide bonds. The summed E-state index contributed by atoms with van der Waals surface area (Å²) in [7, 11) is 0. The number of carbonyl (C=O) groups is 1. The Morgan fingerprint density at radius 3 is 2.64 bits per heavy atom. The van der Waals surface area contributed by atoms with Gasteiger partial charge in [-0.2, -0.15) is 0 Å². The van der Waals surface area contributed by atoms with Crippen LogP contribution in [-0.2, 0) is 14.2 Å². The van der Waals surface area contributed by atoms with Crippen LogP contribution in [0, 0.1) is 6.92 Å². The van der Waals surface area contributed by atoms with E-state index in [0.717, 1.165) is 0 Å². The fraction of sp³-hybridized carbons (Fsp3) is 0.714. The first-order valence-electron chi connectivity index (χ1n) is 3.47. The van der Waals surface area contributed by atoms with Gasteiger partial charge >= 0.3 is 6.16 Å². The van der Waals surface area contributed by atoms with Gasteiger partial charge in [-0.15, -0.1) is 0 Å². The highest BCUT2D eigenvalue weighted by molar-refractivity contribution is 5.59. The molecule has 65 valence electrons. The highest BCUT2D eigenvalue weighted by Gasteiger charge is 1.99. The normalized spacial score (nSPS) is 9.27. The predicted octanol–water partition coefficient (Wildman–Crippen LogP) is 1.01. The minimum absolute atomic E-state index is 0.0907. The molecular formula is C7H13O4. The van der Waals surface area contributed by atoms with Crippen molar-refractivity contribution in [2.24, 2.45) is 0 Å². The molecule has 4 heteroatoms. The van der Waals surface area contributed by atoms with Crippen molar-refractivity contribution in [2.75, 3.05) is 26.4 Å². The molecule has 11 heavy (non-hydrogen) atoms. The summed E-state index contributed by atoms with van der Waals surface area (Å²) in [5.74, 6) is 0. The second-order valence-electron chi connectivity index (χ2n) is 1.64. The molecule has 0 N–H and O–H groups in total. The third kappa shape index (κ3) is 7.12. The Morgan fingerprint density at radius 1 is 1.36 bits per heavy atom. The average Bonchev–Trinajstić information content (AvgIpc) is 1.99. The fourth-order valence-corrected chi connectivity index (χ4v) is 0.453. The van der Waals surface area contributed by atoms with Crippen molar-refractivity contribution < 1.29 is 19.0 Å². The van der Waals surface area contributed by atoms with Crippen molar-refractivity contribution in [3.05, 3.63) is 6.92 Å². The first kappa shape index (κ1) is 10.2. The van der Waals surface area contributed by atoms with E-state index in [4.69, 9.17) is 4.74 Å². The largest absolute Gasteiger partial charge is 0.508 e. The highest BCUT2D eigenvalue weighted by Crippen LogP contribution is 1.84. The van der Waals surface area contributed by atoms with Crippen molar-refractivity contribution in [3.63, 3.8) is 0 Å². The lowest BCUT2D eigenvalue weighted by Crippen LogP contribution is -2.11. The smallest absolute Gasteiger partial charge is 0.434 e. The number of hydrogen-bond donors (Lipinski definition) is 0. The molecule has 0 fully saturated rings. The summed E-state index contributed by atoms with van der Waals surface area (Å²) in [5.41, 5.74) is 0. The van der Waals surface area contributed by atoms with E-state index in [2.05, 4.69) is 16.4 Å². The number of ether oxygens (including phenoxy) is 3. The summed E-state index contributed by atoms with van der Waals surface area (Å²) >= 11 is 0. The Bertz CT molecular complexity index is 103. The molecule has 1 radical (unpaired) electrons. The molecule has 0 atom stereocenters. The summed E-state index contributed by atoms with van der Waals surface area (Å²) in [5, 5.41) is 0. The third-order valence-electron chi connectivity index (χ3n) is 0.872. The lowest BCUT2D eigenvalue weighted by atomic mass is 10.7. The average molecular weight is 161 g/mol. The standard InChI is InChI=1S/C7H13O4/c1-3-9-5-6-11-7(8)10-4-2/h2-6H2,1H3. The van der Waals surface area contributed by atoms with Crippen LogP contribution in [0.1, 0.15) is 6.92 Å². The zero-order chi connectivity index (χ0) is 8.53. The maximum atomic E-state index is 10.5. The van der Waals surface area contributed by atoms with Gasteiger partial charge < -0.3 is 14.2 Å². The summed E-state index contributed by atoms with van der Waals surface area (Å²) in [6.07, 6.45) is -0.695. The molecule has 0 saturated heterocycles. The van der Waals surface area contributed by atoms with Crippen LogP contribution in [0.15, 0.2) is 0 Å². The minimum Gasteiger partial charge on any atom is -0.434 e. The topological polar surface area (TPSA) is 44.8 Å². The predicted molar refractivity (Wildman–Crippen MR) is 39.2 cm³/mol. The van der Waals surface area contributed by atoms with E-state index in [1.165, 1.54) is 0 Å². The van der Waals surface area contributed by atoms with Crippen LogP contribution in [0.3, 0.4) is 0 Å². The maximum Gasteiger partial charge on any atom is 0.508 e. The van der Waals surface area contributed by atoms with Gasteiger partial charge in [0.15, 0.2) is 0 Å².